The van der Waals surface area contributed by atoms with E-state index in [0.29, 0.717) is 6.04 Å². The van der Waals surface area contributed by atoms with Crippen LogP contribution in [0.1, 0.15) is 59.1 Å². The van der Waals surface area contributed by atoms with Crippen molar-refractivity contribution in [2.24, 2.45) is 5.92 Å². The van der Waals surface area contributed by atoms with Crippen LogP contribution in [0, 0.1) is 5.92 Å². The molecule has 0 aliphatic heterocycles. The molecule has 0 bridgehead atoms. The van der Waals surface area contributed by atoms with Crippen LogP contribution in [0.5, 0.6) is 0 Å². The highest BCUT2D eigenvalue weighted by Crippen LogP contribution is 2.22. The summed E-state index contributed by atoms with van der Waals surface area (Å²) in [5.74, 6) is 0.765. The first-order valence-electron chi connectivity index (χ1n) is 7.50. The van der Waals surface area contributed by atoms with Crippen molar-refractivity contribution in [1.29, 1.82) is 0 Å². The first-order valence-corrected chi connectivity index (χ1v) is 7.50. The van der Waals surface area contributed by atoms with Gasteiger partial charge >= 0.3 is 0 Å². The molecule has 1 unspecified atom stereocenters. The van der Waals surface area contributed by atoms with Crippen molar-refractivity contribution in [3.63, 3.8) is 0 Å². The van der Waals surface area contributed by atoms with Crippen molar-refractivity contribution in [2.75, 3.05) is 7.05 Å². The highest BCUT2D eigenvalue weighted by Gasteiger charge is 2.14. The molecule has 1 atom stereocenters. The van der Waals surface area contributed by atoms with Crippen LogP contribution in [-0.2, 0) is 12.0 Å². The summed E-state index contributed by atoms with van der Waals surface area (Å²) >= 11 is 0. The summed E-state index contributed by atoms with van der Waals surface area (Å²) in [6.45, 7) is 14.7. The fourth-order valence-corrected chi connectivity index (χ4v) is 2.42. The summed E-state index contributed by atoms with van der Waals surface area (Å²) in [4.78, 5) is 2.45. The summed E-state index contributed by atoms with van der Waals surface area (Å²) in [5, 5.41) is 0. The van der Waals surface area contributed by atoms with E-state index >= 15 is 0 Å². The maximum absolute atomic E-state index is 2.45. The zero-order valence-electron chi connectivity index (χ0n) is 13.8. The quantitative estimate of drug-likeness (QED) is 0.732. The van der Waals surface area contributed by atoms with Crippen molar-refractivity contribution in [1.82, 2.24) is 4.90 Å². The van der Waals surface area contributed by atoms with E-state index < -0.39 is 0 Å². The lowest BCUT2D eigenvalue weighted by atomic mass is 9.86. The summed E-state index contributed by atoms with van der Waals surface area (Å²) in [6, 6.07) is 9.74. The molecular formula is C18H31N. The molecule has 0 fully saturated rings. The van der Waals surface area contributed by atoms with Crippen LogP contribution in [0.25, 0.3) is 0 Å². The zero-order chi connectivity index (χ0) is 14.6. The lowest BCUT2D eigenvalue weighted by molar-refractivity contribution is 0.220. The Hall–Kier alpha value is -0.820. The topological polar surface area (TPSA) is 3.24 Å². The van der Waals surface area contributed by atoms with E-state index in [1.165, 1.54) is 17.5 Å². The summed E-state index contributed by atoms with van der Waals surface area (Å²) in [7, 11) is 2.23. The average Bonchev–Trinajstić information content (AvgIpc) is 2.27. The van der Waals surface area contributed by atoms with E-state index in [1.807, 2.05) is 0 Å². The van der Waals surface area contributed by atoms with Gasteiger partial charge in [0.15, 0.2) is 0 Å². The van der Waals surface area contributed by atoms with Crippen LogP contribution in [0.15, 0.2) is 24.3 Å². The third-order valence-corrected chi connectivity index (χ3v) is 3.82. The Morgan fingerprint density at radius 2 is 1.53 bits per heavy atom. The van der Waals surface area contributed by atoms with Gasteiger partial charge in [0, 0.05) is 12.6 Å². The van der Waals surface area contributed by atoms with E-state index in [0.717, 1.165) is 12.5 Å². The molecule has 1 aromatic carbocycles. The van der Waals surface area contributed by atoms with Crippen LogP contribution in [-0.4, -0.2) is 18.0 Å². The van der Waals surface area contributed by atoms with E-state index in [1.54, 1.807) is 0 Å². The minimum atomic E-state index is 0.245. The molecule has 1 nitrogen and oxygen atoms in total. The number of rotatable bonds is 5. The van der Waals surface area contributed by atoms with Gasteiger partial charge < -0.3 is 0 Å². The molecule has 1 aromatic rings. The Bertz CT molecular complexity index is 370. The Labute approximate surface area is 120 Å². The molecule has 0 aliphatic carbocycles. The van der Waals surface area contributed by atoms with Crippen molar-refractivity contribution < 1.29 is 0 Å². The zero-order valence-corrected chi connectivity index (χ0v) is 13.8. The number of hydrogen-bond acceptors (Lipinski definition) is 1. The number of benzene rings is 1. The first-order chi connectivity index (χ1) is 8.70. The van der Waals surface area contributed by atoms with Crippen molar-refractivity contribution in [3.05, 3.63) is 35.4 Å². The molecule has 0 saturated carbocycles. The van der Waals surface area contributed by atoms with Gasteiger partial charge in [0.2, 0.25) is 0 Å². The molecule has 0 N–H and O–H groups in total. The van der Waals surface area contributed by atoms with E-state index in [4.69, 9.17) is 0 Å². The Balaban J connectivity index is 2.63. The maximum Gasteiger partial charge on any atom is 0.0233 e. The highest BCUT2D eigenvalue weighted by atomic mass is 15.1. The molecule has 108 valence electrons. The molecular weight excluding hydrogens is 230 g/mol. The second-order valence-electron chi connectivity index (χ2n) is 7.34. The van der Waals surface area contributed by atoms with Crippen LogP contribution in [0.2, 0.25) is 0 Å². The van der Waals surface area contributed by atoms with Gasteiger partial charge in [0.05, 0.1) is 0 Å². The Morgan fingerprint density at radius 1 is 1.00 bits per heavy atom. The lowest BCUT2D eigenvalue weighted by Crippen LogP contribution is -2.29. The van der Waals surface area contributed by atoms with Crippen LogP contribution in [0.4, 0.5) is 0 Å². The van der Waals surface area contributed by atoms with Crippen LogP contribution < -0.4 is 0 Å². The minimum absolute atomic E-state index is 0.245. The normalized spacial score (nSPS) is 14.2. The van der Waals surface area contributed by atoms with Crippen LogP contribution in [0.3, 0.4) is 0 Å². The molecule has 0 heterocycles. The molecule has 1 heteroatoms. The first kappa shape index (κ1) is 16.2. The average molecular weight is 261 g/mol. The SMILES string of the molecule is CC(C)CC(C)N(C)Cc1ccc(C(C)(C)C)cc1. The lowest BCUT2D eigenvalue weighted by Gasteiger charge is -2.26. The fraction of sp³-hybridized carbons (Fsp3) is 0.667. The van der Waals surface area contributed by atoms with Crippen molar-refractivity contribution in [3.8, 4) is 0 Å². The molecule has 1 rings (SSSR count). The Morgan fingerprint density at radius 3 is 1.95 bits per heavy atom. The molecule has 0 saturated heterocycles. The van der Waals surface area contributed by atoms with E-state index in [-0.39, 0.29) is 5.41 Å². The largest absolute Gasteiger partial charge is 0.299 e. The molecule has 0 aliphatic rings. The van der Waals surface area contributed by atoms with E-state index in [9.17, 15) is 0 Å². The minimum Gasteiger partial charge on any atom is -0.299 e. The highest BCUT2D eigenvalue weighted by molar-refractivity contribution is 5.27. The molecule has 19 heavy (non-hydrogen) atoms. The monoisotopic (exact) mass is 261 g/mol. The second-order valence-corrected chi connectivity index (χ2v) is 7.34. The van der Waals surface area contributed by atoms with Gasteiger partial charge in [-0.15, -0.1) is 0 Å². The number of hydrogen-bond donors (Lipinski definition) is 0. The molecule has 0 aromatic heterocycles. The van der Waals surface area contributed by atoms with Crippen molar-refractivity contribution in [2.45, 2.75) is 66.0 Å². The maximum atomic E-state index is 2.45. The third-order valence-electron chi connectivity index (χ3n) is 3.82. The predicted molar refractivity (Wildman–Crippen MR) is 85.5 cm³/mol. The van der Waals surface area contributed by atoms with Gasteiger partial charge in [-0.05, 0) is 42.9 Å². The standard InChI is InChI=1S/C18H31N/c1-14(2)12-15(3)19(7)13-16-8-10-17(11-9-16)18(4,5)6/h8-11,14-15H,12-13H2,1-7H3. The summed E-state index contributed by atoms with van der Waals surface area (Å²) < 4.78 is 0. The summed E-state index contributed by atoms with van der Waals surface area (Å²) in [6.07, 6.45) is 1.26. The van der Waals surface area contributed by atoms with Gasteiger partial charge in [-0.3, -0.25) is 4.90 Å². The molecule has 0 spiro atoms. The second kappa shape index (κ2) is 6.56. The van der Waals surface area contributed by atoms with Gasteiger partial charge in [0.25, 0.3) is 0 Å². The smallest absolute Gasteiger partial charge is 0.0233 e. The third kappa shape index (κ3) is 5.36. The van der Waals surface area contributed by atoms with Crippen LogP contribution >= 0.6 is 0 Å². The van der Waals surface area contributed by atoms with Gasteiger partial charge in [-0.1, -0.05) is 58.9 Å². The van der Waals surface area contributed by atoms with Crippen molar-refractivity contribution >= 4 is 0 Å². The van der Waals surface area contributed by atoms with Gasteiger partial charge in [-0.25, -0.2) is 0 Å². The molecule has 0 radical (unpaired) electrons. The van der Waals surface area contributed by atoms with E-state index in [2.05, 4.69) is 77.8 Å². The number of nitrogens with zero attached hydrogens (tertiary/aromatic N) is 1. The Kier molecular flexibility index (Phi) is 5.61. The van der Waals surface area contributed by atoms with Gasteiger partial charge in [0.1, 0.15) is 0 Å². The predicted octanol–water partition coefficient (Wildman–Crippen LogP) is 4.85. The van der Waals surface area contributed by atoms with Gasteiger partial charge in [-0.2, -0.15) is 0 Å². The fourth-order valence-electron chi connectivity index (χ4n) is 2.42. The molecule has 0 amide bonds. The summed E-state index contributed by atoms with van der Waals surface area (Å²) in [5.41, 5.74) is 3.07.